The molecule has 0 amide bonds. The zero-order valence-corrected chi connectivity index (χ0v) is 10.7. The van der Waals surface area contributed by atoms with Gasteiger partial charge in [0, 0.05) is 6.08 Å². The van der Waals surface area contributed by atoms with E-state index in [1.807, 2.05) is 6.07 Å². The molecule has 0 heterocycles. The summed E-state index contributed by atoms with van der Waals surface area (Å²) in [5, 5.41) is 21.4. The molecule has 4 nitrogen and oxygen atoms in total. The van der Waals surface area contributed by atoms with E-state index in [-0.39, 0.29) is 5.76 Å². The van der Waals surface area contributed by atoms with Crippen molar-refractivity contribution in [3.63, 3.8) is 0 Å². The van der Waals surface area contributed by atoms with Crippen LogP contribution in [0.15, 0.2) is 42.2 Å². The fourth-order valence-corrected chi connectivity index (χ4v) is 2.36. The van der Waals surface area contributed by atoms with Crippen LogP contribution in [-0.4, -0.2) is 16.7 Å². The zero-order valence-electron chi connectivity index (χ0n) is 10.7. The predicted octanol–water partition coefficient (Wildman–Crippen LogP) is 1.39. The van der Waals surface area contributed by atoms with Gasteiger partial charge in [-0.25, -0.2) is 0 Å². The van der Waals surface area contributed by atoms with Crippen LogP contribution in [0.2, 0.25) is 0 Å². The maximum absolute atomic E-state index is 10.8. The summed E-state index contributed by atoms with van der Waals surface area (Å²) in [6.45, 7) is 0. The van der Waals surface area contributed by atoms with Gasteiger partial charge in [0.1, 0.15) is 17.1 Å². The number of hydrogen-bond acceptors (Lipinski definition) is 4. The first kappa shape index (κ1) is 13.6. The van der Waals surface area contributed by atoms with Crippen molar-refractivity contribution >= 4 is 5.97 Å². The second-order valence-corrected chi connectivity index (χ2v) is 4.83. The topological polar surface area (TPSA) is 69.6 Å². The number of benzene rings is 1. The number of carbonyl (C=O) groups excluding carboxylic acids is 1. The summed E-state index contributed by atoms with van der Waals surface area (Å²) in [5.74, 6) is -0.780. The molecule has 1 aromatic carbocycles. The highest BCUT2D eigenvalue weighted by Crippen LogP contribution is 2.35. The number of aliphatic carboxylic acids is 1. The minimum absolute atomic E-state index is 0.0680. The van der Waals surface area contributed by atoms with Crippen molar-refractivity contribution in [3.8, 4) is 5.75 Å². The minimum atomic E-state index is -1.36. The van der Waals surface area contributed by atoms with Crippen LogP contribution in [0.5, 0.6) is 5.75 Å². The fourth-order valence-electron chi connectivity index (χ4n) is 2.36. The molecule has 0 saturated heterocycles. The van der Waals surface area contributed by atoms with Crippen molar-refractivity contribution in [2.75, 3.05) is 0 Å². The maximum Gasteiger partial charge on any atom is 0.137 e. The van der Waals surface area contributed by atoms with E-state index in [0.717, 1.165) is 25.3 Å². The van der Waals surface area contributed by atoms with Gasteiger partial charge in [0.2, 0.25) is 0 Å². The van der Waals surface area contributed by atoms with Gasteiger partial charge in [0.25, 0.3) is 0 Å². The predicted molar refractivity (Wildman–Crippen MR) is 68.2 cm³/mol. The van der Waals surface area contributed by atoms with E-state index in [9.17, 15) is 15.0 Å². The van der Waals surface area contributed by atoms with E-state index in [1.54, 1.807) is 24.3 Å². The van der Waals surface area contributed by atoms with Crippen LogP contribution in [0.25, 0.3) is 0 Å². The van der Waals surface area contributed by atoms with Crippen LogP contribution in [0.1, 0.15) is 32.1 Å². The van der Waals surface area contributed by atoms with Crippen LogP contribution in [0.4, 0.5) is 0 Å². The molecule has 1 aliphatic carbocycles. The van der Waals surface area contributed by atoms with Crippen LogP contribution in [0, 0.1) is 0 Å². The van der Waals surface area contributed by atoms with E-state index in [1.165, 1.54) is 0 Å². The SMILES string of the molecule is O=C([O-])C=C(Oc1ccccc1)C1(O)CCCCC1. The molecular weight excluding hydrogens is 244 g/mol. The molecule has 0 spiro atoms. The van der Waals surface area contributed by atoms with E-state index < -0.39 is 11.6 Å². The van der Waals surface area contributed by atoms with Crippen molar-refractivity contribution in [2.24, 2.45) is 0 Å². The van der Waals surface area contributed by atoms with Gasteiger partial charge in [-0.15, -0.1) is 0 Å². The molecular formula is C15H17O4-. The summed E-state index contributed by atoms with van der Waals surface area (Å²) < 4.78 is 5.56. The number of aliphatic hydroxyl groups is 1. The number of carboxylic acid groups (broad SMARTS) is 1. The third-order valence-corrected chi connectivity index (χ3v) is 3.36. The van der Waals surface area contributed by atoms with Gasteiger partial charge in [-0.1, -0.05) is 37.5 Å². The molecule has 0 radical (unpaired) electrons. The Balaban J connectivity index is 2.23. The third-order valence-electron chi connectivity index (χ3n) is 3.36. The molecule has 0 aromatic heterocycles. The van der Waals surface area contributed by atoms with E-state index >= 15 is 0 Å². The molecule has 4 heteroatoms. The molecule has 1 aliphatic rings. The Morgan fingerprint density at radius 2 is 1.84 bits per heavy atom. The first-order valence-corrected chi connectivity index (χ1v) is 6.49. The van der Waals surface area contributed by atoms with Gasteiger partial charge in [-0.2, -0.15) is 0 Å². The smallest absolute Gasteiger partial charge is 0.137 e. The third kappa shape index (κ3) is 3.58. The largest absolute Gasteiger partial charge is 0.545 e. The van der Waals surface area contributed by atoms with Crippen molar-refractivity contribution < 1.29 is 19.7 Å². The molecule has 0 unspecified atom stereocenters. The number of para-hydroxylation sites is 1. The lowest BCUT2D eigenvalue weighted by Crippen LogP contribution is -2.37. The molecule has 0 aliphatic heterocycles. The summed E-state index contributed by atoms with van der Waals surface area (Å²) >= 11 is 0. The summed E-state index contributed by atoms with van der Waals surface area (Å²) in [6.07, 6.45) is 4.65. The normalized spacial score (nSPS) is 18.9. The Morgan fingerprint density at radius 1 is 1.21 bits per heavy atom. The lowest BCUT2D eigenvalue weighted by Gasteiger charge is -2.34. The monoisotopic (exact) mass is 261 g/mol. The Kier molecular flexibility index (Phi) is 4.22. The molecule has 1 aromatic rings. The zero-order chi connectivity index (χ0) is 13.7. The summed E-state index contributed by atoms with van der Waals surface area (Å²) in [4.78, 5) is 10.8. The van der Waals surface area contributed by atoms with Crippen LogP contribution in [0.3, 0.4) is 0 Å². The van der Waals surface area contributed by atoms with Gasteiger partial charge >= 0.3 is 0 Å². The van der Waals surface area contributed by atoms with Gasteiger partial charge in [0.05, 0.1) is 5.97 Å². The Morgan fingerprint density at radius 3 is 2.42 bits per heavy atom. The number of ether oxygens (including phenoxy) is 1. The average Bonchev–Trinajstić information content (AvgIpc) is 2.39. The van der Waals surface area contributed by atoms with Gasteiger partial charge in [0.15, 0.2) is 0 Å². The molecule has 19 heavy (non-hydrogen) atoms. The van der Waals surface area contributed by atoms with Crippen LogP contribution < -0.4 is 9.84 Å². The van der Waals surface area contributed by atoms with E-state index in [0.29, 0.717) is 18.6 Å². The summed E-state index contributed by atoms with van der Waals surface area (Å²) in [7, 11) is 0. The fraction of sp³-hybridized carbons (Fsp3) is 0.400. The Labute approximate surface area is 112 Å². The van der Waals surface area contributed by atoms with Crippen LogP contribution in [-0.2, 0) is 4.79 Å². The molecule has 0 bridgehead atoms. The summed E-state index contributed by atoms with van der Waals surface area (Å²) in [5.41, 5.74) is -1.20. The standard InChI is InChI=1S/C15H18O4/c16-14(17)11-13(15(18)9-5-2-6-10-15)19-12-7-3-1-4-8-12/h1,3-4,7-8,11,18H,2,5-6,9-10H2,(H,16,17)/p-1. The molecule has 1 N–H and O–H groups in total. The quantitative estimate of drug-likeness (QED) is 0.657. The minimum Gasteiger partial charge on any atom is -0.545 e. The van der Waals surface area contributed by atoms with E-state index in [2.05, 4.69) is 0 Å². The Hall–Kier alpha value is -1.81. The highest BCUT2D eigenvalue weighted by molar-refractivity contribution is 5.78. The lowest BCUT2D eigenvalue weighted by molar-refractivity contribution is -0.297. The maximum atomic E-state index is 10.8. The second-order valence-electron chi connectivity index (χ2n) is 4.83. The first-order valence-electron chi connectivity index (χ1n) is 6.49. The van der Waals surface area contributed by atoms with Crippen LogP contribution >= 0.6 is 0 Å². The molecule has 2 rings (SSSR count). The average molecular weight is 261 g/mol. The molecule has 1 saturated carbocycles. The van der Waals surface area contributed by atoms with Gasteiger partial charge < -0.3 is 19.7 Å². The van der Waals surface area contributed by atoms with Crippen molar-refractivity contribution in [2.45, 2.75) is 37.7 Å². The number of rotatable bonds is 4. The number of carboxylic acids is 1. The molecule has 102 valence electrons. The van der Waals surface area contributed by atoms with Crippen molar-refractivity contribution in [1.29, 1.82) is 0 Å². The Bertz CT molecular complexity index is 458. The first-order chi connectivity index (χ1) is 9.10. The molecule has 0 atom stereocenters. The second kappa shape index (κ2) is 5.89. The highest BCUT2D eigenvalue weighted by atomic mass is 16.5. The number of hydrogen-bond donors (Lipinski definition) is 1. The summed E-state index contributed by atoms with van der Waals surface area (Å²) in [6, 6.07) is 8.85. The number of carbonyl (C=O) groups is 1. The van der Waals surface area contributed by atoms with Crippen molar-refractivity contribution in [1.82, 2.24) is 0 Å². The molecule has 1 fully saturated rings. The van der Waals surface area contributed by atoms with Crippen molar-refractivity contribution in [3.05, 3.63) is 42.2 Å². The lowest BCUT2D eigenvalue weighted by atomic mass is 9.83. The van der Waals surface area contributed by atoms with Gasteiger partial charge in [-0.3, -0.25) is 0 Å². The highest BCUT2D eigenvalue weighted by Gasteiger charge is 2.35. The van der Waals surface area contributed by atoms with Gasteiger partial charge in [-0.05, 0) is 25.0 Å². The van der Waals surface area contributed by atoms with E-state index in [4.69, 9.17) is 4.74 Å².